The van der Waals surface area contributed by atoms with Gasteiger partial charge in [-0.25, -0.2) is 9.97 Å². The number of aromatic nitrogens is 5. The van der Waals surface area contributed by atoms with E-state index in [4.69, 9.17) is 15.2 Å². The average molecular weight is 402 g/mol. The number of aryl methyl sites for hydroxylation is 1. The second-order valence-electron chi connectivity index (χ2n) is 7.55. The van der Waals surface area contributed by atoms with Crippen molar-refractivity contribution in [2.45, 2.75) is 33.0 Å². The highest BCUT2D eigenvalue weighted by Crippen LogP contribution is 2.25. The zero-order valence-corrected chi connectivity index (χ0v) is 16.8. The predicted molar refractivity (Wildman–Crippen MR) is 113 cm³/mol. The minimum atomic E-state index is 0.0617. The lowest BCUT2D eigenvalue weighted by Crippen LogP contribution is -2.38. The summed E-state index contributed by atoms with van der Waals surface area (Å²) in [5.41, 5.74) is 9.19. The third-order valence-corrected chi connectivity index (χ3v) is 5.28. The van der Waals surface area contributed by atoms with Crippen molar-refractivity contribution in [2.24, 2.45) is 10.9 Å². The second-order valence-corrected chi connectivity index (χ2v) is 7.55. The number of nitrogen functional groups attached to an aromatic ring is 1. The van der Waals surface area contributed by atoms with Crippen LogP contribution in [0.3, 0.4) is 0 Å². The van der Waals surface area contributed by atoms with Gasteiger partial charge in [0.1, 0.15) is 17.0 Å². The fourth-order valence-corrected chi connectivity index (χ4v) is 3.80. The van der Waals surface area contributed by atoms with Gasteiger partial charge in [0.15, 0.2) is 11.3 Å². The van der Waals surface area contributed by atoms with Crippen molar-refractivity contribution in [3.05, 3.63) is 58.8 Å². The molecular weight excluding hydrogens is 380 g/mol. The number of nitrogens with one attached hydrogen (secondary N) is 1. The van der Waals surface area contributed by atoms with Crippen LogP contribution in [0.15, 0.2) is 46.2 Å². The van der Waals surface area contributed by atoms with Crippen molar-refractivity contribution in [3.63, 3.8) is 0 Å². The summed E-state index contributed by atoms with van der Waals surface area (Å²) in [6.45, 7) is 5.20. The maximum Gasteiger partial charge on any atom is 0.222 e. The van der Waals surface area contributed by atoms with E-state index >= 15 is 0 Å². The number of hydrogen-bond acceptors (Lipinski definition) is 8. The van der Waals surface area contributed by atoms with Crippen molar-refractivity contribution in [2.75, 3.05) is 11.1 Å². The zero-order chi connectivity index (χ0) is 20.7. The monoisotopic (exact) mass is 402 g/mol. The normalized spacial score (nSPS) is 17.9. The Morgan fingerprint density at radius 1 is 1.27 bits per heavy atom. The first-order chi connectivity index (χ1) is 14.6. The van der Waals surface area contributed by atoms with Crippen molar-refractivity contribution >= 4 is 28.9 Å². The number of rotatable bonds is 5. The van der Waals surface area contributed by atoms with Crippen LogP contribution in [-0.2, 0) is 13.1 Å². The summed E-state index contributed by atoms with van der Waals surface area (Å²) in [7, 11) is 0. The van der Waals surface area contributed by atoms with E-state index in [0.29, 0.717) is 18.9 Å². The maximum absolute atomic E-state index is 5.93. The molecule has 3 N–H and O–H groups in total. The third kappa shape index (κ3) is 3.38. The summed E-state index contributed by atoms with van der Waals surface area (Å²) in [6, 6.07) is 7.88. The van der Waals surface area contributed by atoms with Crippen LogP contribution in [0.4, 0.5) is 11.8 Å². The highest BCUT2D eigenvalue weighted by atomic mass is 16.5. The average Bonchev–Trinajstić information content (AvgIpc) is 3.32. The van der Waals surface area contributed by atoms with Crippen LogP contribution in [0, 0.1) is 12.8 Å². The first-order valence-electron chi connectivity index (χ1n) is 9.86. The molecule has 152 valence electrons. The van der Waals surface area contributed by atoms with Gasteiger partial charge in [-0.15, -0.1) is 0 Å². The summed E-state index contributed by atoms with van der Waals surface area (Å²) in [5.74, 6) is 1.93. The van der Waals surface area contributed by atoms with E-state index in [2.05, 4.69) is 43.0 Å². The van der Waals surface area contributed by atoms with Gasteiger partial charge in [0.2, 0.25) is 5.95 Å². The molecule has 0 aliphatic carbocycles. The number of anilines is 2. The van der Waals surface area contributed by atoms with Crippen LogP contribution in [0.25, 0.3) is 17.1 Å². The van der Waals surface area contributed by atoms with E-state index in [0.717, 1.165) is 33.2 Å². The molecule has 2 unspecified atom stereocenters. The molecule has 0 bridgehead atoms. The number of nitrogens with zero attached hydrogens (tertiary/aromatic N) is 6. The highest BCUT2D eigenvalue weighted by molar-refractivity contribution is 5.87. The minimum absolute atomic E-state index is 0.0617. The van der Waals surface area contributed by atoms with Gasteiger partial charge < -0.3 is 20.1 Å². The molecule has 30 heavy (non-hydrogen) atoms. The van der Waals surface area contributed by atoms with Crippen molar-refractivity contribution < 1.29 is 4.52 Å². The molecule has 1 aliphatic heterocycles. The van der Waals surface area contributed by atoms with E-state index < -0.39 is 0 Å². The molecule has 4 aromatic heterocycles. The molecule has 2 atom stereocenters. The lowest BCUT2D eigenvalue weighted by atomic mass is 9.99. The molecule has 0 saturated heterocycles. The Kier molecular flexibility index (Phi) is 4.42. The Bertz CT molecular complexity index is 1340. The van der Waals surface area contributed by atoms with Gasteiger partial charge in [-0.2, -0.15) is 4.98 Å². The van der Waals surface area contributed by atoms with E-state index in [1.807, 2.05) is 37.4 Å². The molecule has 5 rings (SSSR count). The third-order valence-electron chi connectivity index (χ3n) is 5.28. The molecule has 0 spiro atoms. The first-order valence-corrected chi connectivity index (χ1v) is 9.86. The number of fused-ring (bicyclic) bond motifs is 2. The number of pyridine rings is 1. The summed E-state index contributed by atoms with van der Waals surface area (Å²) in [5, 5.41) is 8.43. The van der Waals surface area contributed by atoms with Gasteiger partial charge in [-0.05, 0) is 31.0 Å². The summed E-state index contributed by atoms with van der Waals surface area (Å²) in [6.07, 6.45) is 6.01. The Labute approximate surface area is 172 Å². The van der Waals surface area contributed by atoms with Crippen LogP contribution in [0.2, 0.25) is 0 Å². The standard InChI is InChI=1S/C21H22N8O/c1-12-8-14-4-3-6-23-19(14)25-17(12)11-29-7-5-16-18(29)20(27-21(22)26-16)24-10-15-9-13(2)30-28-15/h3-9,12,17H,10-11H2,1-2H3,(H3,22,24,26,27). The lowest BCUT2D eigenvalue weighted by molar-refractivity contribution is 0.391. The topological polar surface area (TPSA) is 120 Å². The lowest BCUT2D eigenvalue weighted by Gasteiger charge is -2.21. The summed E-state index contributed by atoms with van der Waals surface area (Å²) in [4.78, 5) is 18.1. The molecule has 9 nitrogen and oxygen atoms in total. The molecule has 0 radical (unpaired) electrons. The minimum Gasteiger partial charge on any atom is -0.368 e. The fourth-order valence-electron chi connectivity index (χ4n) is 3.80. The van der Waals surface area contributed by atoms with Gasteiger partial charge >= 0.3 is 0 Å². The SMILES string of the molecule is Cc1cc(CNc2nc(N)nc3ccn(CC4N=c5ncccc5=CC4C)c23)no1. The van der Waals surface area contributed by atoms with E-state index in [9.17, 15) is 0 Å². The molecule has 5 heterocycles. The Hall–Kier alpha value is -3.75. The molecule has 0 fully saturated rings. The van der Waals surface area contributed by atoms with E-state index in [-0.39, 0.29) is 17.9 Å². The first kappa shape index (κ1) is 18.3. The van der Waals surface area contributed by atoms with Crippen molar-refractivity contribution in [1.29, 1.82) is 0 Å². The summed E-state index contributed by atoms with van der Waals surface area (Å²) < 4.78 is 7.26. The molecule has 0 amide bonds. The van der Waals surface area contributed by atoms with Crippen molar-refractivity contribution in [3.8, 4) is 0 Å². The molecule has 1 aliphatic rings. The van der Waals surface area contributed by atoms with Gasteiger partial charge in [-0.1, -0.05) is 18.2 Å². The predicted octanol–water partition coefficient (Wildman–Crippen LogP) is 1.44. The molecule has 9 heteroatoms. The number of hydrogen-bond donors (Lipinski definition) is 2. The quantitative estimate of drug-likeness (QED) is 0.518. The largest absolute Gasteiger partial charge is 0.368 e. The van der Waals surface area contributed by atoms with Gasteiger partial charge in [0.25, 0.3) is 0 Å². The Morgan fingerprint density at radius 3 is 3.00 bits per heavy atom. The molecule has 4 aromatic rings. The maximum atomic E-state index is 5.93. The highest BCUT2D eigenvalue weighted by Gasteiger charge is 2.20. The van der Waals surface area contributed by atoms with E-state index in [1.54, 1.807) is 6.20 Å². The Morgan fingerprint density at radius 2 is 2.17 bits per heavy atom. The van der Waals surface area contributed by atoms with Crippen LogP contribution in [0.5, 0.6) is 0 Å². The summed E-state index contributed by atoms with van der Waals surface area (Å²) >= 11 is 0. The van der Waals surface area contributed by atoms with Crippen LogP contribution < -0.4 is 21.8 Å². The van der Waals surface area contributed by atoms with Crippen LogP contribution >= 0.6 is 0 Å². The second kappa shape index (κ2) is 7.25. The van der Waals surface area contributed by atoms with Crippen LogP contribution in [-0.4, -0.2) is 30.7 Å². The molecule has 0 saturated carbocycles. The van der Waals surface area contributed by atoms with Gasteiger partial charge in [0.05, 0.1) is 18.1 Å². The van der Waals surface area contributed by atoms with E-state index in [1.165, 1.54) is 0 Å². The van der Waals surface area contributed by atoms with Crippen molar-refractivity contribution in [1.82, 2.24) is 24.7 Å². The Balaban J connectivity index is 1.48. The molecular formula is C21H22N8O. The number of nitrogens with two attached hydrogens (primary N) is 1. The fraction of sp³-hybridized carbons (Fsp3) is 0.286. The smallest absolute Gasteiger partial charge is 0.222 e. The van der Waals surface area contributed by atoms with Gasteiger partial charge in [0, 0.05) is 30.2 Å². The van der Waals surface area contributed by atoms with Gasteiger partial charge in [-0.3, -0.25) is 4.99 Å². The zero-order valence-electron chi connectivity index (χ0n) is 16.8. The molecule has 0 aromatic carbocycles. The van der Waals surface area contributed by atoms with Crippen LogP contribution in [0.1, 0.15) is 18.4 Å².